The molecule has 3 nitrogen and oxygen atoms in total. The Kier molecular flexibility index (Phi) is 3.56. The molecule has 3 heteroatoms. The molecule has 1 aliphatic heterocycles. The first-order valence-corrected chi connectivity index (χ1v) is 7.16. The maximum absolute atomic E-state index is 10.6. The van der Waals surface area contributed by atoms with Gasteiger partial charge in [-0.15, -0.1) is 0 Å². The number of carbonyl (C=O) groups is 1. The molecule has 2 fully saturated rings. The Bertz CT molecular complexity index is 432. The average molecular weight is 260 g/mol. The zero-order valence-electron chi connectivity index (χ0n) is 11.1. The van der Waals surface area contributed by atoms with Gasteiger partial charge in [-0.1, -0.05) is 12.8 Å². The van der Waals surface area contributed by atoms with E-state index in [-0.39, 0.29) is 11.7 Å². The molecule has 1 saturated heterocycles. The Labute approximate surface area is 113 Å². The first kappa shape index (κ1) is 12.7. The van der Waals surface area contributed by atoms with Gasteiger partial charge in [0.1, 0.15) is 18.1 Å². The molecule has 0 radical (unpaired) electrons. The molecule has 1 atom stereocenters. The van der Waals surface area contributed by atoms with Gasteiger partial charge in [0.15, 0.2) is 0 Å². The zero-order valence-corrected chi connectivity index (χ0v) is 11.1. The van der Waals surface area contributed by atoms with Crippen LogP contribution in [0.2, 0.25) is 0 Å². The SMILES string of the molecule is O=Cc1ccc(OC2CCOC3(CCCC3)C2)cc1. The van der Waals surface area contributed by atoms with Gasteiger partial charge >= 0.3 is 0 Å². The van der Waals surface area contributed by atoms with Crippen LogP contribution < -0.4 is 4.74 Å². The second kappa shape index (κ2) is 5.33. The Morgan fingerprint density at radius 1 is 1.21 bits per heavy atom. The van der Waals surface area contributed by atoms with E-state index >= 15 is 0 Å². The maximum atomic E-state index is 10.6. The molecule has 1 aromatic rings. The number of ether oxygens (including phenoxy) is 2. The van der Waals surface area contributed by atoms with Gasteiger partial charge in [0.2, 0.25) is 0 Å². The van der Waals surface area contributed by atoms with Gasteiger partial charge in [0.25, 0.3) is 0 Å². The van der Waals surface area contributed by atoms with Crippen molar-refractivity contribution in [1.82, 2.24) is 0 Å². The second-order valence-electron chi connectivity index (χ2n) is 5.66. The molecule has 3 rings (SSSR count). The summed E-state index contributed by atoms with van der Waals surface area (Å²) >= 11 is 0. The van der Waals surface area contributed by atoms with Gasteiger partial charge in [-0.2, -0.15) is 0 Å². The summed E-state index contributed by atoms with van der Waals surface area (Å²) in [5.41, 5.74) is 0.776. The number of aldehydes is 1. The van der Waals surface area contributed by atoms with Crippen molar-refractivity contribution < 1.29 is 14.3 Å². The van der Waals surface area contributed by atoms with E-state index in [2.05, 4.69) is 0 Å². The van der Waals surface area contributed by atoms with Crippen LogP contribution in [0.5, 0.6) is 5.75 Å². The maximum Gasteiger partial charge on any atom is 0.150 e. The molecule has 1 heterocycles. The molecule has 102 valence electrons. The van der Waals surface area contributed by atoms with Gasteiger partial charge in [-0.05, 0) is 37.1 Å². The second-order valence-corrected chi connectivity index (χ2v) is 5.66. The third kappa shape index (κ3) is 2.81. The van der Waals surface area contributed by atoms with Crippen LogP contribution in [0, 0.1) is 0 Å². The molecule has 0 aromatic heterocycles. The summed E-state index contributed by atoms with van der Waals surface area (Å²) in [6.45, 7) is 0.803. The van der Waals surface area contributed by atoms with Crippen molar-refractivity contribution in [3.8, 4) is 5.75 Å². The largest absolute Gasteiger partial charge is 0.490 e. The predicted molar refractivity (Wildman–Crippen MR) is 72.6 cm³/mol. The summed E-state index contributed by atoms with van der Waals surface area (Å²) in [5.74, 6) is 0.852. The highest BCUT2D eigenvalue weighted by atomic mass is 16.5. The molecule has 0 bridgehead atoms. The Hall–Kier alpha value is -1.35. The van der Waals surface area contributed by atoms with E-state index in [4.69, 9.17) is 9.47 Å². The van der Waals surface area contributed by atoms with Crippen LogP contribution in [-0.4, -0.2) is 24.6 Å². The fraction of sp³-hybridized carbons (Fsp3) is 0.562. The predicted octanol–water partition coefficient (Wildman–Crippen LogP) is 3.37. The summed E-state index contributed by atoms with van der Waals surface area (Å²) in [6.07, 6.45) is 7.97. The van der Waals surface area contributed by atoms with Crippen molar-refractivity contribution >= 4 is 6.29 Å². The molecule has 1 aliphatic carbocycles. The third-order valence-corrected chi connectivity index (χ3v) is 4.28. The topological polar surface area (TPSA) is 35.5 Å². The molecule has 1 spiro atoms. The number of rotatable bonds is 3. The zero-order chi connectivity index (χ0) is 13.1. The molecule has 1 unspecified atom stereocenters. The van der Waals surface area contributed by atoms with E-state index in [9.17, 15) is 4.79 Å². The highest BCUT2D eigenvalue weighted by Gasteiger charge is 2.40. The molecule has 1 aromatic carbocycles. The number of hydrogen-bond acceptors (Lipinski definition) is 3. The van der Waals surface area contributed by atoms with Gasteiger partial charge in [0, 0.05) is 18.4 Å². The molecular weight excluding hydrogens is 240 g/mol. The first-order valence-electron chi connectivity index (χ1n) is 7.16. The summed E-state index contributed by atoms with van der Waals surface area (Å²) < 4.78 is 12.1. The Morgan fingerprint density at radius 2 is 1.95 bits per heavy atom. The van der Waals surface area contributed by atoms with Crippen LogP contribution in [0.3, 0.4) is 0 Å². The fourth-order valence-electron chi connectivity index (χ4n) is 3.27. The van der Waals surface area contributed by atoms with E-state index in [1.807, 2.05) is 12.1 Å². The summed E-state index contributed by atoms with van der Waals surface area (Å²) in [6, 6.07) is 7.35. The first-order chi connectivity index (χ1) is 9.30. The van der Waals surface area contributed by atoms with Crippen LogP contribution in [0.25, 0.3) is 0 Å². The lowest BCUT2D eigenvalue weighted by Crippen LogP contribution is -2.41. The molecule has 1 saturated carbocycles. The highest BCUT2D eigenvalue weighted by molar-refractivity contribution is 5.74. The van der Waals surface area contributed by atoms with E-state index in [1.165, 1.54) is 25.7 Å². The van der Waals surface area contributed by atoms with Gasteiger partial charge in [-0.25, -0.2) is 0 Å². The third-order valence-electron chi connectivity index (χ3n) is 4.28. The van der Waals surface area contributed by atoms with Crippen LogP contribution in [-0.2, 0) is 4.74 Å². The summed E-state index contributed by atoms with van der Waals surface area (Å²) in [5, 5.41) is 0. The lowest BCUT2D eigenvalue weighted by molar-refractivity contribution is -0.108. The standard InChI is InChI=1S/C16H20O3/c17-12-13-3-5-14(6-4-13)19-15-7-10-18-16(11-15)8-1-2-9-16/h3-6,12,15H,1-2,7-11H2. The molecule has 0 amide bonds. The van der Waals surface area contributed by atoms with Crippen LogP contribution in [0.1, 0.15) is 48.9 Å². The number of carbonyl (C=O) groups excluding carboxylic acids is 1. The van der Waals surface area contributed by atoms with Crippen molar-refractivity contribution in [1.29, 1.82) is 0 Å². The van der Waals surface area contributed by atoms with Gasteiger partial charge in [-0.3, -0.25) is 4.79 Å². The van der Waals surface area contributed by atoms with Crippen LogP contribution in [0.15, 0.2) is 24.3 Å². The van der Waals surface area contributed by atoms with E-state index in [0.717, 1.165) is 31.5 Å². The van der Waals surface area contributed by atoms with Crippen molar-refractivity contribution in [2.75, 3.05) is 6.61 Å². The normalized spacial score (nSPS) is 25.4. The van der Waals surface area contributed by atoms with Crippen molar-refractivity contribution in [2.45, 2.75) is 50.2 Å². The monoisotopic (exact) mass is 260 g/mol. The fourth-order valence-corrected chi connectivity index (χ4v) is 3.27. The minimum Gasteiger partial charge on any atom is -0.490 e. The van der Waals surface area contributed by atoms with Crippen LogP contribution >= 0.6 is 0 Å². The van der Waals surface area contributed by atoms with E-state index < -0.39 is 0 Å². The van der Waals surface area contributed by atoms with Gasteiger partial charge < -0.3 is 9.47 Å². The summed E-state index contributed by atoms with van der Waals surface area (Å²) in [7, 11) is 0. The van der Waals surface area contributed by atoms with Gasteiger partial charge in [0.05, 0.1) is 12.2 Å². The van der Waals surface area contributed by atoms with Crippen molar-refractivity contribution in [3.05, 3.63) is 29.8 Å². The minimum atomic E-state index is 0.0889. The van der Waals surface area contributed by atoms with Crippen molar-refractivity contribution in [2.24, 2.45) is 0 Å². The number of benzene rings is 1. The van der Waals surface area contributed by atoms with E-state index in [0.29, 0.717) is 5.56 Å². The summed E-state index contributed by atoms with van der Waals surface area (Å²) in [4.78, 5) is 10.6. The lowest BCUT2D eigenvalue weighted by atomic mass is 9.90. The highest BCUT2D eigenvalue weighted by Crippen LogP contribution is 2.40. The molecule has 0 N–H and O–H groups in total. The smallest absolute Gasteiger partial charge is 0.150 e. The lowest BCUT2D eigenvalue weighted by Gasteiger charge is -2.38. The van der Waals surface area contributed by atoms with Crippen molar-refractivity contribution in [3.63, 3.8) is 0 Å². The quantitative estimate of drug-likeness (QED) is 0.782. The Morgan fingerprint density at radius 3 is 2.63 bits per heavy atom. The minimum absolute atomic E-state index is 0.0889. The average Bonchev–Trinajstić information content (AvgIpc) is 2.88. The molecule has 2 aliphatic rings. The molecule has 19 heavy (non-hydrogen) atoms. The molecular formula is C16H20O3. The number of hydrogen-bond donors (Lipinski definition) is 0. The Balaban J connectivity index is 1.63. The van der Waals surface area contributed by atoms with Crippen LogP contribution in [0.4, 0.5) is 0 Å². The van der Waals surface area contributed by atoms with E-state index in [1.54, 1.807) is 12.1 Å².